The molecule has 2 rings (SSSR count). The van der Waals surface area contributed by atoms with Crippen LogP contribution < -0.4 is 10.2 Å². The van der Waals surface area contributed by atoms with Gasteiger partial charge in [-0.3, -0.25) is 9.67 Å². The molecule has 0 amide bonds. The molecule has 0 aliphatic rings. The maximum absolute atomic E-state index is 4.70. The first-order valence-corrected chi connectivity index (χ1v) is 7.78. The van der Waals surface area contributed by atoms with Crippen LogP contribution >= 0.6 is 0 Å². The van der Waals surface area contributed by atoms with Crippen LogP contribution in [-0.4, -0.2) is 28.9 Å². The molecule has 1 atom stereocenters. The van der Waals surface area contributed by atoms with E-state index in [0.717, 1.165) is 18.1 Å². The lowest BCUT2D eigenvalue weighted by Gasteiger charge is -2.19. The van der Waals surface area contributed by atoms with E-state index in [1.807, 2.05) is 24.0 Å². The molecule has 2 heterocycles. The van der Waals surface area contributed by atoms with Gasteiger partial charge in [0, 0.05) is 51.7 Å². The highest BCUT2D eigenvalue weighted by atomic mass is 15.4. The second kappa shape index (κ2) is 6.92. The maximum atomic E-state index is 4.70. The minimum Gasteiger partial charge on any atom is -0.363 e. The second-order valence-electron chi connectivity index (χ2n) is 6.25. The fourth-order valence-corrected chi connectivity index (χ4v) is 2.78. The highest BCUT2D eigenvalue weighted by molar-refractivity contribution is 5.50. The van der Waals surface area contributed by atoms with E-state index in [-0.39, 0.29) is 6.04 Å². The topological polar surface area (TPSA) is 46.0 Å². The Bertz CT molecular complexity index is 601. The first-order valence-electron chi connectivity index (χ1n) is 7.78. The van der Waals surface area contributed by atoms with Crippen molar-refractivity contribution in [1.82, 2.24) is 20.1 Å². The zero-order valence-corrected chi connectivity index (χ0v) is 14.5. The van der Waals surface area contributed by atoms with Gasteiger partial charge in [0.1, 0.15) is 5.82 Å². The minimum absolute atomic E-state index is 0.254. The van der Waals surface area contributed by atoms with Gasteiger partial charge in [-0.05, 0) is 24.5 Å². The third-order valence-electron chi connectivity index (χ3n) is 3.88. The normalized spacial score (nSPS) is 12.7. The smallest absolute Gasteiger partial charge is 0.130 e. The van der Waals surface area contributed by atoms with Crippen LogP contribution in [0.5, 0.6) is 0 Å². The Morgan fingerprint density at radius 3 is 2.55 bits per heavy atom. The molecule has 22 heavy (non-hydrogen) atoms. The molecule has 0 radical (unpaired) electrons. The first-order chi connectivity index (χ1) is 10.4. The molecule has 2 aromatic heterocycles. The number of rotatable bonds is 6. The number of nitrogens with one attached hydrogen (secondary N) is 1. The second-order valence-corrected chi connectivity index (χ2v) is 6.25. The summed E-state index contributed by atoms with van der Waals surface area (Å²) in [6.07, 6.45) is 3.72. The van der Waals surface area contributed by atoms with Crippen molar-refractivity contribution < 1.29 is 0 Å². The number of hydrogen-bond donors (Lipinski definition) is 1. The summed E-state index contributed by atoms with van der Waals surface area (Å²) in [4.78, 5) is 6.32. The Hall–Kier alpha value is -1.88. The van der Waals surface area contributed by atoms with Crippen LogP contribution in [0, 0.1) is 0 Å². The molecule has 2 aromatic rings. The third kappa shape index (κ3) is 3.47. The molecule has 0 aliphatic carbocycles. The van der Waals surface area contributed by atoms with E-state index in [1.54, 1.807) is 6.20 Å². The van der Waals surface area contributed by atoms with Crippen LogP contribution in [0.3, 0.4) is 0 Å². The fraction of sp³-hybridized carbons (Fsp3) is 0.529. The number of hydrogen-bond acceptors (Lipinski definition) is 4. The number of nitrogens with zero attached hydrogens (tertiary/aromatic N) is 4. The summed E-state index contributed by atoms with van der Waals surface area (Å²) in [6, 6.07) is 4.33. The molecule has 0 spiro atoms. The summed E-state index contributed by atoms with van der Waals surface area (Å²) in [5.74, 6) is 1.57. The lowest BCUT2D eigenvalue weighted by Crippen LogP contribution is -2.21. The van der Waals surface area contributed by atoms with E-state index in [0.29, 0.717) is 5.92 Å². The van der Waals surface area contributed by atoms with E-state index in [1.165, 1.54) is 11.1 Å². The van der Waals surface area contributed by atoms with Gasteiger partial charge in [0.05, 0.1) is 5.69 Å². The van der Waals surface area contributed by atoms with Crippen LogP contribution in [0.25, 0.3) is 0 Å². The van der Waals surface area contributed by atoms with Crippen LogP contribution in [0.4, 0.5) is 5.82 Å². The molecular formula is C17H27N5. The van der Waals surface area contributed by atoms with E-state index >= 15 is 0 Å². The average molecular weight is 301 g/mol. The molecule has 0 bridgehead atoms. The number of aryl methyl sites for hydroxylation is 1. The standard InChI is InChI=1S/C17H27N5/c1-12(2)16-15(17(21(4)5)22(6)20-16)11-19-13(3)14-8-7-9-18-10-14/h7-10,12-13,19H,11H2,1-6H3/t13-/m0/s1. The van der Waals surface area contributed by atoms with Crippen molar-refractivity contribution in [2.45, 2.75) is 39.3 Å². The summed E-state index contributed by atoms with van der Waals surface area (Å²) in [7, 11) is 6.14. The van der Waals surface area contributed by atoms with Gasteiger partial charge in [-0.2, -0.15) is 5.10 Å². The molecule has 0 fully saturated rings. The van der Waals surface area contributed by atoms with Crippen LogP contribution in [0.15, 0.2) is 24.5 Å². The Morgan fingerprint density at radius 2 is 2.00 bits per heavy atom. The van der Waals surface area contributed by atoms with Crippen LogP contribution in [0.1, 0.15) is 49.6 Å². The summed E-state index contributed by atoms with van der Waals surface area (Å²) in [5.41, 5.74) is 3.64. The molecule has 0 aliphatic heterocycles. The van der Waals surface area contributed by atoms with Crippen molar-refractivity contribution in [3.8, 4) is 0 Å². The van der Waals surface area contributed by atoms with Crippen LogP contribution in [-0.2, 0) is 13.6 Å². The molecule has 120 valence electrons. The van der Waals surface area contributed by atoms with Crippen molar-refractivity contribution in [3.05, 3.63) is 41.3 Å². The van der Waals surface area contributed by atoms with Crippen molar-refractivity contribution in [2.24, 2.45) is 7.05 Å². The lowest BCUT2D eigenvalue weighted by molar-refractivity contribution is 0.569. The summed E-state index contributed by atoms with van der Waals surface area (Å²) in [6.45, 7) is 7.34. The van der Waals surface area contributed by atoms with Gasteiger partial charge in [0.15, 0.2) is 0 Å². The molecule has 5 heteroatoms. The molecular weight excluding hydrogens is 274 g/mol. The van der Waals surface area contributed by atoms with Gasteiger partial charge in [0.2, 0.25) is 0 Å². The minimum atomic E-state index is 0.254. The maximum Gasteiger partial charge on any atom is 0.130 e. The molecule has 5 nitrogen and oxygen atoms in total. The van der Waals surface area contributed by atoms with E-state index < -0.39 is 0 Å². The number of anilines is 1. The van der Waals surface area contributed by atoms with Crippen molar-refractivity contribution in [1.29, 1.82) is 0 Å². The highest BCUT2D eigenvalue weighted by Gasteiger charge is 2.20. The fourth-order valence-electron chi connectivity index (χ4n) is 2.78. The Morgan fingerprint density at radius 1 is 1.27 bits per heavy atom. The molecule has 0 aromatic carbocycles. The predicted octanol–water partition coefficient (Wildman–Crippen LogP) is 2.86. The van der Waals surface area contributed by atoms with Crippen LogP contribution in [0.2, 0.25) is 0 Å². The van der Waals surface area contributed by atoms with Gasteiger partial charge >= 0.3 is 0 Å². The van der Waals surface area contributed by atoms with Crippen molar-refractivity contribution in [2.75, 3.05) is 19.0 Å². The largest absolute Gasteiger partial charge is 0.363 e. The zero-order valence-electron chi connectivity index (χ0n) is 14.5. The van der Waals surface area contributed by atoms with Crippen molar-refractivity contribution >= 4 is 5.82 Å². The number of pyridine rings is 1. The third-order valence-corrected chi connectivity index (χ3v) is 3.88. The van der Waals surface area contributed by atoms with E-state index in [4.69, 9.17) is 5.10 Å². The summed E-state index contributed by atoms with van der Waals surface area (Å²) in [5, 5.41) is 8.30. The molecule has 1 N–H and O–H groups in total. The summed E-state index contributed by atoms with van der Waals surface area (Å²) < 4.78 is 1.97. The van der Waals surface area contributed by atoms with Crippen molar-refractivity contribution in [3.63, 3.8) is 0 Å². The Kier molecular flexibility index (Phi) is 5.19. The predicted molar refractivity (Wildman–Crippen MR) is 91.1 cm³/mol. The quantitative estimate of drug-likeness (QED) is 0.891. The zero-order chi connectivity index (χ0) is 16.3. The number of aromatic nitrogens is 3. The average Bonchev–Trinajstić information content (AvgIpc) is 2.82. The Labute approximate surface area is 133 Å². The highest BCUT2D eigenvalue weighted by Crippen LogP contribution is 2.27. The van der Waals surface area contributed by atoms with E-state index in [9.17, 15) is 0 Å². The molecule has 0 saturated heterocycles. The van der Waals surface area contributed by atoms with Gasteiger partial charge < -0.3 is 10.2 Å². The van der Waals surface area contributed by atoms with Gasteiger partial charge in [-0.25, -0.2) is 0 Å². The summed E-state index contributed by atoms with van der Waals surface area (Å²) >= 11 is 0. The molecule has 0 unspecified atom stereocenters. The van der Waals surface area contributed by atoms with Gasteiger partial charge in [-0.1, -0.05) is 19.9 Å². The molecule has 0 saturated carbocycles. The lowest BCUT2D eigenvalue weighted by atomic mass is 10.0. The van der Waals surface area contributed by atoms with E-state index in [2.05, 4.69) is 56.1 Å². The monoisotopic (exact) mass is 301 g/mol. The first kappa shape index (κ1) is 16.5. The Balaban J connectivity index is 2.21. The van der Waals surface area contributed by atoms with Gasteiger partial charge in [0.25, 0.3) is 0 Å². The van der Waals surface area contributed by atoms with Gasteiger partial charge in [-0.15, -0.1) is 0 Å². The SMILES string of the molecule is CC(C)c1nn(C)c(N(C)C)c1CN[C@@H](C)c1cccnc1.